The number of nitrogens with zero attached hydrogens (tertiary/aromatic N) is 4. The molecule has 0 aliphatic carbocycles. The highest BCUT2D eigenvalue weighted by Gasteiger charge is 2.25. The highest BCUT2D eigenvalue weighted by atomic mass is 16.4. The minimum absolute atomic E-state index is 0.0286. The summed E-state index contributed by atoms with van der Waals surface area (Å²) < 4.78 is 1.33. The molecule has 104 valence electrons. The topological polar surface area (TPSA) is 103 Å². The highest BCUT2D eigenvalue weighted by Crippen LogP contribution is 2.27. The molecule has 21 heavy (non-hydrogen) atoms. The zero-order chi connectivity index (χ0) is 15.6. The Hall–Kier alpha value is -3.12. The van der Waals surface area contributed by atoms with E-state index in [4.69, 9.17) is 5.26 Å². The average molecular weight is 280 g/mol. The predicted octanol–water partition coefficient (Wildman–Crippen LogP) is 2.57. The Morgan fingerprint density at radius 1 is 1.24 bits per heavy atom. The van der Waals surface area contributed by atoms with Crippen LogP contribution in [0.5, 0.6) is 0 Å². The summed E-state index contributed by atoms with van der Waals surface area (Å²) in [7, 11) is 0. The SMILES string of the molecule is CC(C)n1nc(-c2ccc(C#N)cc2)c(C#N)c1C(=O)O. The van der Waals surface area contributed by atoms with Gasteiger partial charge in [0.15, 0.2) is 5.69 Å². The molecule has 0 saturated carbocycles. The van der Waals surface area contributed by atoms with E-state index >= 15 is 0 Å². The molecule has 1 N–H and O–H groups in total. The molecule has 2 rings (SSSR count). The van der Waals surface area contributed by atoms with E-state index in [1.54, 1.807) is 38.1 Å². The molecule has 0 unspecified atom stereocenters. The molecule has 1 heterocycles. The van der Waals surface area contributed by atoms with Crippen LogP contribution in [0.1, 0.15) is 41.5 Å². The predicted molar refractivity (Wildman–Crippen MR) is 74.4 cm³/mol. The molecule has 0 atom stereocenters. The summed E-state index contributed by atoms with van der Waals surface area (Å²) in [5.41, 5.74) is 1.31. The standard InChI is InChI=1S/C15H12N4O2/c1-9(2)19-14(15(20)21)12(8-17)13(18-19)11-5-3-10(7-16)4-6-11/h3-6,9H,1-2H3,(H,20,21). The summed E-state index contributed by atoms with van der Waals surface area (Å²) in [4.78, 5) is 11.4. The molecule has 0 amide bonds. The first-order valence-electron chi connectivity index (χ1n) is 6.26. The molecule has 0 spiro atoms. The van der Waals surface area contributed by atoms with E-state index in [-0.39, 0.29) is 17.3 Å². The van der Waals surface area contributed by atoms with Crippen molar-refractivity contribution in [2.24, 2.45) is 0 Å². The number of rotatable bonds is 3. The fourth-order valence-corrected chi connectivity index (χ4v) is 2.02. The van der Waals surface area contributed by atoms with Gasteiger partial charge in [0.2, 0.25) is 0 Å². The van der Waals surface area contributed by atoms with Gasteiger partial charge in [-0.25, -0.2) is 4.79 Å². The molecule has 1 aromatic heterocycles. The second-order valence-corrected chi connectivity index (χ2v) is 4.72. The summed E-state index contributed by atoms with van der Waals surface area (Å²) in [5.74, 6) is -1.19. The van der Waals surface area contributed by atoms with Gasteiger partial charge in [0.05, 0.1) is 11.6 Å². The Morgan fingerprint density at radius 2 is 1.86 bits per heavy atom. The summed E-state index contributed by atoms with van der Waals surface area (Å²) in [6.45, 7) is 3.59. The normalized spacial score (nSPS) is 10.1. The lowest BCUT2D eigenvalue weighted by atomic mass is 10.1. The van der Waals surface area contributed by atoms with Crippen molar-refractivity contribution in [3.8, 4) is 23.4 Å². The van der Waals surface area contributed by atoms with Crippen molar-refractivity contribution in [2.75, 3.05) is 0 Å². The van der Waals surface area contributed by atoms with Crippen LogP contribution in [-0.2, 0) is 0 Å². The molecule has 2 aromatic rings. The summed E-state index contributed by atoms with van der Waals surface area (Å²) in [5, 5.41) is 31.7. The van der Waals surface area contributed by atoms with Crippen molar-refractivity contribution in [1.29, 1.82) is 10.5 Å². The first-order valence-corrected chi connectivity index (χ1v) is 6.26. The summed E-state index contributed by atoms with van der Waals surface area (Å²) in [6, 6.07) is 10.2. The molecule has 0 aliphatic heterocycles. The van der Waals surface area contributed by atoms with Crippen LogP contribution >= 0.6 is 0 Å². The average Bonchev–Trinajstić information content (AvgIpc) is 2.87. The zero-order valence-electron chi connectivity index (χ0n) is 11.5. The number of hydrogen-bond donors (Lipinski definition) is 1. The lowest BCUT2D eigenvalue weighted by Crippen LogP contribution is -2.12. The number of aromatic nitrogens is 2. The minimum Gasteiger partial charge on any atom is -0.476 e. The maximum atomic E-state index is 11.4. The Morgan fingerprint density at radius 3 is 2.29 bits per heavy atom. The molecule has 0 aliphatic rings. The number of benzene rings is 1. The molecule has 0 fully saturated rings. The van der Waals surface area contributed by atoms with E-state index in [1.165, 1.54) is 4.68 Å². The number of nitriles is 2. The maximum Gasteiger partial charge on any atom is 0.355 e. The first-order chi connectivity index (χ1) is 9.99. The third kappa shape index (κ3) is 2.47. The number of aromatic carboxylic acids is 1. The molecule has 6 heteroatoms. The van der Waals surface area contributed by atoms with Crippen molar-refractivity contribution in [3.05, 3.63) is 41.1 Å². The third-order valence-electron chi connectivity index (χ3n) is 3.00. The fourth-order valence-electron chi connectivity index (χ4n) is 2.02. The smallest absolute Gasteiger partial charge is 0.355 e. The molecule has 0 radical (unpaired) electrons. The van der Waals surface area contributed by atoms with Crippen LogP contribution < -0.4 is 0 Å². The van der Waals surface area contributed by atoms with E-state index in [0.717, 1.165) is 0 Å². The van der Waals surface area contributed by atoms with Crippen LogP contribution in [0.25, 0.3) is 11.3 Å². The van der Waals surface area contributed by atoms with Gasteiger partial charge >= 0.3 is 5.97 Å². The molecular formula is C15H12N4O2. The Bertz CT molecular complexity index is 774. The fraction of sp³-hybridized carbons (Fsp3) is 0.200. The van der Waals surface area contributed by atoms with Crippen molar-refractivity contribution in [1.82, 2.24) is 9.78 Å². The quantitative estimate of drug-likeness (QED) is 0.930. The van der Waals surface area contributed by atoms with Crippen molar-refractivity contribution in [2.45, 2.75) is 19.9 Å². The number of hydrogen-bond acceptors (Lipinski definition) is 4. The monoisotopic (exact) mass is 280 g/mol. The maximum absolute atomic E-state index is 11.4. The van der Waals surface area contributed by atoms with Gasteiger partial charge in [0.1, 0.15) is 17.3 Å². The van der Waals surface area contributed by atoms with Gasteiger partial charge in [-0.3, -0.25) is 4.68 Å². The Balaban J connectivity index is 2.69. The molecule has 6 nitrogen and oxygen atoms in total. The number of carboxylic acid groups (broad SMARTS) is 1. The van der Waals surface area contributed by atoms with Crippen LogP contribution in [0.2, 0.25) is 0 Å². The van der Waals surface area contributed by atoms with E-state index in [0.29, 0.717) is 16.8 Å². The molecule has 0 bridgehead atoms. The molecule has 1 aromatic carbocycles. The van der Waals surface area contributed by atoms with E-state index in [2.05, 4.69) is 5.10 Å². The summed E-state index contributed by atoms with van der Waals surface area (Å²) >= 11 is 0. The minimum atomic E-state index is -1.19. The Labute approximate surface area is 121 Å². The lowest BCUT2D eigenvalue weighted by Gasteiger charge is -2.07. The van der Waals surface area contributed by atoms with Gasteiger partial charge in [-0.15, -0.1) is 0 Å². The van der Waals surface area contributed by atoms with E-state index < -0.39 is 5.97 Å². The van der Waals surface area contributed by atoms with Gasteiger partial charge in [-0.05, 0) is 26.0 Å². The van der Waals surface area contributed by atoms with Crippen LogP contribution in [0.15, 0.2) is 24.3 Å². The molecule has 0 saturated heterocycles. The lowest BCUT2D eigenvalue weighted by molar-refractivity contribution is 0.0681. The third-order valence-corrected chi connectivity index (χ3v) is 3.00. The van der Waals surface area contributed by atoms with Crippen LogP contribution in [-0.4, -0.2) is 20.9 Å². The molecular weight excluding hydrogens is 268 g/mol. The largest absolute Gasteiger partial charge is 0.476 e. The van der Waals surface area contributed by atoms with Gasteiger partial charge in [-0.1, -0.05) is 12.1 Å². The van der Waals surface area contributed by atoms with Gasteiger partial charge in [0.25, 0.3) is 0 Å². The van der Waals surface area contributed by atoms with E-state index in [9.17, 15) is 15.2 Å². The number of carbonyl (C=O) groups is 1. The van der Waals surface area contributed by atoms with Gasteiger partial charge < -0.3 is 5.11 Å². The van der Waals surface area contributed by atoms with Gasteiger partial charge in [0, 0.05) is 11.6 Å². The van der Waals surface area contributed by atoms with Crippen LogP contribution in [0.3, 0.4) is 0 Å². The van der Waals surface area contributed by atoms with Crippen molar-refractivity contribution >= 4 is 5.97 Å². The number of carboxylic acids is 1. The van der Waals surface area contributed by atoms with Crippen LogP contribution in [0.4, 0.5) is 0 Å². The van der Waals surface area contributed by atoms with Crippen LogP contribution in [0, 0.1) is 22.7 Å². The highest BCUT2D eigenvalue weighted by molar-refractivity contribution is 5.91. The van der Waals surface area contributed by atoms with Crippen molar-refractivity contribution in [3.63, 3.8) is 0 Å². The Kier molecular flexibility index (Phi) is 3.73. The second-order valence-electron chi connectivity index (χ2n) is 4.72. The van der Waals surface area contributed by atoms with Gasteiger partial charge in [-0.2, -0.15) is 15.6 Å². The van der Waals surface area contributed by atoms with Crippen molar-refractivity contribution < 1.29 is 9.90 Å². The first kappa shape index (κ1) is 14.3. The second kappa shape index (κ2) is 5.48. The summed E-state index contributed by atoms with van der Waals surface area (Å²) in [6.07, 6.45) is 0. The zero-order valence-corrected chi connectivity index (χ0v) is 11.5. The van der Waals surface area contributed by atoms with E-state index in [1.807, 2.05) is 12.1 Å².